The molecule has 0 aromatic heterocycles. The first-order chi connectivity index (χ1) is 16.0. The third-order valence-electron chi connectivity index (χ3n) is 5.92. The molecule has 1 heterocycles. The van der Waals surface area contributed by atoms with Gasteiger partial charge >= 0.3 is 0 Å². The van der Waals surface area contributed by atoms with Gasteiger partial charge in [-0.1, -0.05) is 43.3 Å². The molecule has 4 rings (SSSR count). The summed E-state index contributed by atoms with van der Waals surface area (Å²) >= 11 is 0. The van der Waals surface area contributed by atoms with E-state index in [1.165, 1.54) is 12.1 Å². The Bertz CT molecular complexity index is 1070. The second-order valence-corrected chi connectivity index (χ2v) is 8.48. The predicted octanol–water partition coefficient (Wildman–Crippen LogP) is 7.66. The number of hydrogen-bond acceptors (Lipinski definition) is 2. The van der Waals surface area contributed by atoms with Crippen molar-refractivity contribution in [3.63, 3.8) is 0 Å². The number of benzene rings is 3. The van der Waals surface area contributed by atoms with Crippen LogP contribution in [-0.4, -0.2) is 19.9 Å². The van der Waals surface area contributed by atoms with Crippen LogP contribution in [0.1, 0.15) is 37.9 Å². The normalized spacial score (nSPS) is 18.3. The molecule has 0 N–H and O–H groups in total. The average molecular weight is 458 g/mol. The van der Waals surface area contributed by atoms with E-state index in [-0.39, 0.29) is 30.3 Å². The molecule has 2 nitrogen and oxygen atoms in total. The van der Waals surface area contributed by atoms with Gasteiger partial charge in [0.05, 0.1) is 19.4 Å². The van der Waals surface area contributed by atoms with Crippen molar-refractivity contribution in [2.24, 2.45) is 5.92 Å². The molecule has 2 atom stereocenters. The van der Waals surface area contributed by atoms with E-state index >= 15 is 0 Å². The van der Waals surface area contributed by atoms with Gasteiger partial charge in [-0.2, -0.15) is 0 Å². The lowest BCUT2D eigenvalue weighted by Gasteiger charge is -2.27. The first kappa shape index (κ1) is 23.3. The van der Waals surface area contributed by atoms with E-state index in [1.807, 2.05) is 24.3 Å². The molecular weight excluding hydrogens is 432 g/mol. The summed E-state index contributed by atoms with van der Waals surface area (Å²) < 4.78 is 66.6. The first-order valence-electron chi connectivity index (χ1n) is 11.2. The van der Waals surface area contributed by atoms with Gasteiger partial charge in [0.25, 0.3) is 0 Å². The van der Waals surface area contributed by atoms with Gasteiger partial charge in [0.1, 0.15) is 5.82 Å². The van der Waals surface area contributed by atoms with E-state index in [4.69, 9.17) is 9.47 Å². The minimum atomic E-state index is -0.956. The highest BCUT2D eigenvalue weighted by molar-refractivity contribution is 5.71. The van der Waals surface area contributed by atoms with Crippen molar-refractivity contribution in [3.05, 3.63) is 77.6 Å². The summed E-state index contributed by atoms with van der Waals surface area (Å²) in [4.78, 5) is 0. The van der Waals surface area contributed by atoms with Gasteiger partial charge in [0.2, 0.25) is 0 Å². The molecule has 3 aromatic carbocycles. The van der Waals surface area contributed by atoms with Gasteiger partial charge < -0.3 is 9.47 Å². The van der Waals surface area contributed by atoms with Crippen LogP contribution >= 0.6 is 0 Å². The maximum absolute atomic E-state index is 14.9. The summed E-state index contributed by atoms with van der Waals surface area (Å²) in [6.45, 7) is 2.15. The lowest BCUT2D eigenvalue weighted by molar-refractivity contribution is -0.0123. The average Bonchev–Trinajstić information content (AvgIpc) is 2.81. The number of alkyl halides is 1. The zero-order valence-corrected chi connectivity index (χ0v) is 18.4. The van der Waals surface area contributed by atoms with E-state index in [0.29, 0.717) is 11.5 Å². The highest BCUT2D eigenvalue weighted by Gasteiger charge is 2.20. The quantitative estimate of drug-likeness (QED) is 0.267. The molecule has 1 fully saturated rings. The van der Waals surface area contributed by atoms with Crippen molar-refractivity contribution in [2.45, 2.75) is 32.3 Å². The Kier molecular flexibility index (Phi) is 7.33. The predicted molar refractivity (Wildman–Crippen MR) is 120 cm³/mol. The fourth-order valence-electron chi connectivity index (χ4n) is 4.05. The highest BCUT2D eigenvalue weighted by atomic mass is 19.1. The van der Waals surface area contributed by atoms with Crippen LogP contribution in [0.15, 0.2) is 54.6 Å². The molecule has 1 aliphatic heterocycles. The standard InChI is InChI=1S/C27H26F4O2/c1-17-3-10-26(33-16-17)19-6-4-18(5-7-19)20-8-9-22(23(29)13-20)21-14-24(30)27(25(31)15-21)32-12-2-11-28/h4-9,13-15,17,26H,2-3,10-12,16H2,1H3. The van der Waals surface area contributed by atoms with Crippen molar-refractivity contribution < 1.29 is 27.0 Å². The minimum Gasteiger partial charge on any atom is -0.488 e. The summed E-state index contributed by atoms with van der Waals surface area (Å²) in [7, 11) is 0. The lowest BCUT2D eigenvalue weighted by Crippen LogP contribution is -2.18. The topological polar surface area (TPSA) is 18.5 Å². The van der Waals surface area contributed by atoms with E-state index in [0.717, 1.165) is 42.7 Å². The van der Waals surface area contributed by atoms with Crippen LogP contribution in [0, 0.1) is 23.4 Å². The monoisotopic (exact) mass is 458 g/mol. The molecule has 6 heteroatoms. The molecule has 174 valence electrons. The van der Waals surface area contributed by atoms with Gasteiger partial charge in [-0.15, -0.1) is 0 Å². The Labute approximate surface area is 191 Å². The van der Waals surface area contributed by atoms with E-state index in [1.54, 1.807) is 6.07 Å². The Morgan fingerprint density at radius 1 is 0.848 bits per heavy atom. The zero-order valence-electron chi connectivity index (χ0n) is 18.4. The van der Waals surface area contributed by atoms with Gasteiger partial charge in [-0.3, -0.25) is 4.39 Å². The van der Waals surface area contributed by atoms with E-state index in [2.05, 4.69) is 6.92 Å². The van der Waals surface area contributed by atoms with Gasteiger partial charge in [0.15, 0.2) is 17.4 Å². The highest BCUT2D eigenvalue weighted by Crippen LogP contribution is 2.34. The van der Waals surface area contributed by atoms with Crippen molar-refractivity contribution in [1.82, 2.24) is 0 Å². The molecule has 0 aliphatic carbocycles. The molecule has 2 unspecified atom stereocenters. The molecular formula is C27H26F4O2. The van der Waals surface area contributed by atoms with Crippen LogP contribution in [0.4, 0.5) is 17.6 Å². The van der Waals surface area contributed by atoms with Crippen LogP contribution in [0.3, 0.4) is 0 Å². The molecule has 3 aromatic rings. The summed E-state index contributed by atoms with van der Waals surface area (Å²) in [5, 5.41) is 0. The molecule has 0 bridgehead atoms. The fourth-order valence-corrected chi connectivity index (χ4v) is 4.05. The number of ether oxygens (including phenoxy) is 2. The van der Waals surface area contributed by atoms with Crippen molar-refractivity contribution >= 4 is 0 Å². The van der Waals surface area contributed by atoms with Crippen molar-refractivity contribution in [3.8, 4) is 28.0 Å². The van der Waals surface area contributed by atoms with Gasteiger partial charge in [-0.05, 0) is 59.2 Å². The maximum atomic E-state index is 14.9. The number of rotatable bonds is 7. The third kappa shape index (κ3) is 5.38. The third-order valence-corrected chi connectivity index (χ3v) is 5.92. The molecule has 1 saturated heterocycles. The Hall–Kier alpha value is -2.86. The maximum Gasteiger partial charge on any atom is 0.190 e. The van der Waals surface area contributed by atoms with Crippen LogP contribution < -0.4 is 4.74 Å². The second kappa shape index (κ2) is 10.4. The Morgan fingerprint density at radius 2 is 1.52 bits per heavy atom. The second-order valence-electron chi connectivity index (χ2n) is 8.48. The SMILES string of the molecule is CC1CCC(c2ccc(-c3ccc(-c4cc(F)c(OCCCF)c(F)c4)c(F)c3)cc2)OC1. The van der Waals surface area contributed by atoms with E-state index in [9.17, 15) is 17.6 Å². The number of hydrogen-bond donors (Lipinski definition) is 0. The number of halogens is 4. The summed E-state index contributed by atoms with van der Waals surface area (Å²) in [6, 6.07) is 14.4. The van der Waals surface area contributed by atoms with Gasteiger partial charge in [-0.25, -0.2) is 13.2 Å². The smallest absolute Gasteiger partial charge is 0.190 e. The van der Waals surface area contributed by atoms with E-state index < -0.39 is 29.9 Å². The van der Waals surface area contributed by atoms with Crippen molar-refractivity contribution in [1.29, 1.82) is 0 Å². The summed E-state index contributed by atoms with van der Waals surface area (Å²) in [5.41, 5.74) is 2.73. The molecule has 0 spiro atoms. The summed E-state index contributed by atoms with van der Waals surface area (Å²) in [6.07, 6.45) is 2.23. The summed E-state index contributed by atoms with van der Waals surface area (Å²) in [5.74, 6) is -2.51. The van der Waals surface area contributed by atoms with Crippen LogP contribution in [0.2, 0.25) is 0 Å². The van der Waals surface area contributed by atoms with Gasteiger partial charge in [0, 0.05) is 18.6 Å². The first-order valence-corrected chi connectivity index (χ1v) is 11.2. The molecule has 1 aliphatic rings. The zero-order chi connectivity index (χ0) is 23.4. The molecule has 33 heavy (non-hydrogen) atoms. The molecule has 0 amide bonds. The van der Waals surface area contributed by atoms with Crippen molar-refractivity contribution in [2.75, 3.05) is 19.9 Å². The minimum absolute atomic E-state index is 0.0323. The Balaban J connectivity index is 1.52. The van der Waals surface area contributed by atoms with Crippen LogP contribution in [0.25, 0.3) is 22.3 Å². The molecule has 0 radical (unpaired) electrons. The Morgan fingerprint density at radius 3 is 2.12 bits per heavy atom. The van der Waals surface area contributed by atoms with Crippen LogP contribution in [0.5, 0.6) is 5.75 Å². The fraction of sp³-hybridized carbons (Fsp3) is 0.333. The lowest BCUT2D eigenvalue weighted by atomic mass is 9.94. The molecule has 0 saturated carbocycles. The largest absolute Gasteiger partial charge is 0.488 e. The van der Waals surface area contributed by atoms with Crippen LogP contribution in [-0.2, 0) is 4.74 Å².